The van der Waals surface area contributed by atoms with Gasteiger partial charge in [-0.3, -0.25) is 0 Å². The van der Waals surface area contributed by atoms with E-state index in [2.05, 4.69) is 11.0 Å². The molecule has 0 amide bonds. The first-order valence-electron chi connectivity index (χ1n) is 2.32. The molecule has 0 rings (SSSR count). The number of carbonyl (C=O) groups is 1. The number of ketones is 1. The summed E-state index contributed by atoms with van der Waals surface area (Å²) in [5, 5.41) is 0. The van der Waals surface area contributed by atoms with Crippen molar-refractivity contribution in [1.29, 1.82) is 0 Å². The van der Waals surface area contributed by atoms with Gasteiger partial charge in [0.25, 0.3) is 0 Å². The molecule has 0 N–H and O–H groups in total. The molecule has 0 aromatic carbocycles. The average Bonchev–Trinajstić information content (AvgIpc) is 1.67. The first-order chi connectivity index (χ1) is 3.68. The number of Topliss-reactive ketones (excluding diaryl/α,β-unsaturated/α-hetero) is 1. The van der Waals surface area contributed by atoms with Crippen molar-refractivity contribution in [3.05, 3.63) is 11.8 Å². The van der Waals surface area contributed by atoms with Gasteiger partial charge in [-0.05, 0) is 0 Å². The van der Waals surface area contributed by atoms with E-state index in [9.17, 15) is 4.79 Å². The monoisotopic (exact) mass is 202 g/mol. The van der Waals surface area contributed by atoms with Gasteiger partial charge in [0.2, 0.25) is 0 Å². The molecule has 49 valence electrons. The molecule has 0 aliphatic rings. The van der Waals surface area contributed by atoms with Crippen molar-refractivity contribution in [2.24, 2.45) is 0 Å². The van der Waals surface area contributed by atoms with Gasteiger partial charge in [0.05, 0.1) is 7.11 Å². The fourth-order valence-electron chi connectivity index (χ4n) is 0.225. The van der Waals surface area contributed by atoms with Crippen LogP contribution in [0.4, 0.5) is 0 Å². The van der Waals surface area contributed by atoms with Crippen LogP contribution in [0.25, 0.3) is 0 Å². The van der Waals surface area contributed by atoms with Crippen LogP contribution < -0.4 is 0 Å². The molecule has 0 saturated heterocycles. The maximum Gasteiger partial charge on any atom is 0.0511 e. The third-order valence-electron chi connectivity index (χ3n) is 0.783. The van der Waals surface area contributed by atoms with Gasteiger partial charge in [0.15, 0.2) is 0 Å². The Morgan fingerprint density at radius 3 is 2.00 bits per heavy atom. The maximum absolute atomic E-state index is 10.4. The molecular formula is C6H9O2Y-. The van der Waals surface area contributed by atoms with Gasteiger partial charge in [-0.25, -0.2) is 0 Å². The van der Waals surface area contributed by atoms with Gasteiger partial charge in [-0.2, -0.15) is 0 Å². The molecule has 0 heterocycles. The van der Waals surface area contributed by atoms with Gasteiger partial charge in [0.1, 0.15) is 0 Å². The zero-order valence-corrected chi connectivity index (χ0v) is 8.73. The number of hydrogen-bond donors (Lipinski definition) is 0. The molecule has 0 fully saturated rings. The van der Waals surface area contributed by atoms with Gasteiger partial charge in [0, 0.05) is 38.5 Å². The van der Waals surface area contributed by atoms with Crippen LogP contribution in [0.15, 0.2) is 5.57 Å². The van der Waals surface area contributed by atoms with Crippen LogP contribution in [0.3, 0.4) is 0 Å². The minimum atomic E-state index is -0.00755. The van der Waals surface area contributed by atoms with Gasteiger partial charge in [-0.1, -0.05) is 20.1 Å². The van der Waals surface area contributed by atoms with Crippen molar-refractivity contribution in [2.45, 2.75) is 13.8 Å². The van der Waals surface area contributed by atoms with Gasteiger partial charge >= 0.3 is 0 Å². The summed E-state index contributed by atoms with van der Waals surface area (Å²) < 4.78 is 4.46. The largest absolute Gasteiger partial charge is 0.596 e. The fraction of sp³-hybridized carbons (Fsp3) is 0.500. The summed E-state index contributed by atoms with van der Waals surface area (Å²) >= 11 is 0. The van der Waals surface area contributed by atoms with Crippen molar-refractivity contribution in [2.75, 3.05) is 7.11 Å². The molecule has 0 aromatic rings. The van der Waals surface area contributed by atoms with Crippen molar-refractivity contribution >= 4 is 5.78 Å². The fourth-order valence-corrected chi connectivity index (χ4v) is 0.225. The Morgan fingerprint density at radius 1 is 1.44 bits per heavy atom. The van der Waals surface area contributed by atoms with E-state index in [4.69, 9.17) is 0 Å². The number of hydrogen-bond acceptors (Lipinski definition) is 2. The average molecular weight is 202 g/mol. The molecule has 0 bridgehead atoms. The number of methoxy groups -OCH3 is 1. The second kappa shape index (κ2) is 6.43. The molecule has 0 atom stereocenters. The predicted molar refractivity (Wildman–Crippen MR) is 30.1 cm³/mol. The SMILES string of the molecule is CO[C-]=C(C)C(C)=O.[Y]. The van der Waals surface area contributed by atoms with Crippen molar-refractivity contribution < 1.29 is 42.2 Å². The summed E-state index contributed by atoms with van der Waals surface area (Å²) in [6.45, 7) is 3.13. The predicted octanol–water partition coefficient (Wildman–Crippen LogP) is 0.926. The molecule has 0 saturated carbocycles. The Morgan fingerprint density at radius 2 is 1.89 bits per heavy atom. The standard InChI is InChI=1S/C6H9O2.Y/c1-5(4-8-3)6(2)7;/h1-3H3;/q-1;. The quantitative estimate of drug-likeness (QED) is 0.378. The third-order valence-corrected chi connectivity index (χ3v) is 0.783. The van der Waals surface area contributed by atoms with Crippen LogP contribution in [0.1, 0.15) is 13.8 Å². The second-order valence-electron chi connectivity index (χ2n) is 1.49. The Hall–Kier alpha value is 0.314. The number of rotatable bonds is 2. The van der Waals surface area contributed by atoms with Crippen molar-refractivity contribution in [1.82, 2.24) is 0 Å². The van der Waals surface area contributed by atoms with Crippen LogP contribution in [0, 0.1) is 6.26 Å². The number of ether oxygens (including phenoxy) is 1. The van der Waals surface area contributed by atoms with E-state index in [1.807, 2.05) is 0 Å². The Kier molecular flexibility index (Phi) is 8.60. The first-order valence-corrected chi connectivity index (χ1v) is 2.32. The van der Waals surface area contributed by atoms with Gasteiger partial charge < -0.3 is 9.53 Å². The van der Waals surface area contributed by atoms with E-state index in [1.54, 1.807) is 6.92 Å². The zero-order chi connectivity index (χ0) is 6.57. The van der Waals surface area contributed by atoms with Gasteiger partial charge in [-0.15, -0.1) is 5.57 Å². The summed E-state index contributed by atoms with van der Waals surface area (Å²) in [6, 6.07) is 0. The number of carbonyl (C=O) groups excluding carboxylic acids is 1. The van der Waals surface area contributed by atoms with Crippen LogP contribution in [-0.4, -0.2) is 12.9 Å². The molecule has 0 spiro atoms. The zero-order valence-electron chi connectivity index (χ0n) is 5.89. The van der Waals surface area contributed by atoms with Crippen LogP contribution in [0.2, 0.25) is 0 Å². The minimum absolute atomic E-state index is 0. The van der Waals surface area contributed by atoms with E-state index in [0.29, 0.717) is 5.57 Å². The summed E-state index contributed by atoms with van der Waals surface area (Å²) in [6.07, 6.45) is 2.41. The van der Waals surface area contributed by atoms with Crippen LogP contribution in [-0.2, 0) is 42.2 Å². The summed E-state index contributed by atoms with van der Waals surface area (Å²) in [4.78, 5) is 10.4. The van der Waals surface area contributed by atoms with Crippen molar-refractivity contribution in [3.8, 4) is 0 Å². The van der Waals surface area contributed by atoms with E-state index in [-0.39, 0.29) is 38.5 Å². The smallest absolute Gasteiger partial charge is 0.0511 e. The topological polar surface area (TPSA) is 26.3 Å². The third kappa shape index (κ3) is 6.20. The summed E-state index contributed by atoms with van der Waals surface area (Å²) in [5.41, 5.74) is 0.521. The molecule has 1 radical (unpaired) electrons. The summed E-state index contributed by atoms with van der Waals surface area (Å²) in [5.74, 6) is -0.00755. The first kappa shape index (κ1) is 12.0. The molecule has 2 nitrogen and oxygen atoms in total. The van der Waals surface area contributed by atoms with E-state index >= 15 is 0 Å². The molecule has 0 aliphatic heterocycles. The Bertz CT molecular complexity index is 118. The Balaban J connectivity index is 0. The molecular weight excluding hydrogens is 193 g/mol. The molecule has 0 aromatic heterocycles. The van der Waals surface area contributed by atoms with E-state index in [0.717, 1.165) is 0 Å². The molecule has 0 unspecified atom stereocenters. The maximum atomic E-state index is 10.4. The summed E-state index contributed by atoms with van der Waals surface area (Å²) in [7, 11) is 1.46. The Labute approximate surface area is 80.5 Å². The minimum Gasteiger partial charge on any atom is -0.596 e. The van der Waals surface area contributed by atoms with Crippen molar-refractivity contribution in [3.63, 3.8) is 0 Å². The molecule has 9 heavy (non-hydrogen) atoms. The number of allylic oxidation sites excluding steroid dienone is 1. The van der Waals surface area contributed by atoms with Crippen LogP contribution >= 0.6 is 0 Å². The normalized spacial score (nSPS) is 9.89. The second-order valence-corrected chi connectivity index (χ2v) is 1.49. The molecule has 3 heteroatoms. The van der Waals surface area contributed by atoms with E-state index < -0.39 is 0 Å². The van der Waals surface area contributed by atoms with E-state index in [1.165, 1.54) is 14.0 Å². The van der Waals surface area contributed by atoms with Crippen LogP contribution in [0.5, 0.6) is 0 Å². The molecule has 0 aliphatic carbocycles.